The van der Waals surface area contributed by atoms with Gasteiger partial charge in [-0.15, -0.1) is 0 Å². The zero-order valence-corrected chi connectivity index (χ0v) is 11.6. The van der Waals surface area contributed by atoms with Crippen molar-refractivity contribution in [3.63, 3.8) is 0 Å². The van der Waals surface area contributed by atoms with Crippen LogP contribution in [0.2, 0.25) is 0 Å². The Hall–Kier alpha value is -0.0800. The first-order valence-electron chi connectivity index (χ1n) is 6.67. The van der Waals surface area contributed by atoms with Crippen LogP contribution in [-0.2, 0) is 4.74 Å². The van der Waals surface area contributed by atoms with E-state index in [1.807, 2.05) is 7.11 Å². The minimum Gasteiger partial charge on any atom is -0.385 e. The molecule has 0 aromatic carbocycles. The van der Waals surface area contributed by atoms with Crippen LogP contribution in [0.3, 0.4) is 0 Å². The summed E-state index contributed by atoms with van der Waals surface area (Å²) in [7, 11) is 1.81. The second-order valence-corrected chi connectivity index (χ2v) is 6.61. The lowest BCUT2D eigenvalue weighted by molar-refractivity contribution is 0.133. The SMILES string of the molecule is COCCC1(CNCC(C)(C)C)CCCC1. The van der Waals surface area contributed by atoms with Gasteiger partial charge in [-0.2, -0.15) is 0 Å². The molecule has 0 atom stereocenters. The first kappa shape index (κ1) is 14.0. The fourth-order valence-corrected chi connectivity index (χ4v) is 2.66. The number of methoxy groups -OCH3 is 1. The van der Waals surface area contributed by atoms with E-state index in [0.717, 1.165) is 13.2 Å². The summed E-state index contributed by atoms with van der Waals surface area (Å²) in [6.45, 7) is 10.1. The van der Waals surface area contributed by atoms with Crippen LogP contribution in [-0.4, -0.2) is 26.8 Å². The minimum absolute atomic E-state index is 0.390. The van der Waals surface area contributed by atoms with E-state index < -0.39 is 0 Å². The number of ether oxygens (including phenoxy) is 1. The smallest absolute Gasteiger partial charge is 0.0468 e. The third-order valence-electron chi connectivity index (χ3n) is 3.66. The monoisotopic (exact) mass is 227 g/mol. The molecule has 0 unspecified atom stereocenters. The van der Waals surface area contributed by atoms with E-state index in [2.05, 4.69) is 26.1 Å². The fraction of sp³-hybridized carbons (Fsp3) is 1.00. The molecule has 0 saturated heterocycles. The van der Waals surface area contributed by atoms with Crippen molar-refractivity contribution in [2.75, 3.05) is 26.8 Å². The average Bonchev–Trinajstić information content (AvgIpc) is 2.62. The molecule has 0 spiro atoms. The summed E-state index contributed by atoms with van der Waals surface area (Å²) in [5.41, 5.74) is 0.919. The normalized spacial score (nSPS) is 20.2. The summed E-state index contributed by atoms with van der Waals surface area (Å²) in [5.74, 6) is 0. The molecule has 96 valence electrons. The van der Waals surface area contributed by atoms with Crippen LogP contribution in [0.15, 0.2) is 0 Å². The summed E-state index contributed by atoms with van der Waals surface area (Å²) in [4.78, 5) is 0. The van der Waals surface area contributed by atoms with E-state index in [4.69, 9.17) is 4.74 Å². The summed E-state index contributed by atoms with van der Waals surface area (Å²) in [6, 6.07) is 0. The largest absolute Gasteiger partial charge is 0.385 e. The molecule has 0 aromatic heterocycles. The van der Waals surface area contributed by atoms with Gasteiger partial charge in [0.05, 0.1) is 0 Å². The molecule has 1 fully saturated rings. The van der Waals surface area contributed by atoms with Crippen LogP contribution in [0.4, 0.5) is 0 Å². The molecule has 1 aliphatic carbocycles. The molecule has 16 heavy (non-hydrogen) atoms. The van der Waals surface area contributed by atoms with Gasteiger partial charge in [-0.3, -0.25) is 0 Å². The van der Waals surface area contributed by atoms with Crippen molar-refractivity contribution < 1.29 is 4.74 Å². The number of rotatable bonds is 6. The van der Waals surface area contributed by atoms with Crippen LogP contribution in [0.1, 0.15) is 52.9 Å². The van der Waals surface area contributed by atoms with Gasteiger partial charge in [-0.25, -0.2) is 0 Å². The molecule has 0 amide bonds. The topological polar surface area (TPSA) is 21.3 Å². The Morgan fingerprint density at radius 2 is 1.81 bits per heavy atom. The van der Waals surface area contributed by atoms with Gasteiger partial charge < -0.3 is 10.1 Å². The van der Waals surface area contributed by atoms with Crippen molar-refractivity contribution in [3.8, 4) is 0 Å². The maximum atomic E-state index is 5.25. The molecular formula is C14H29NO. The van der Waals surface area contributed by atoms with Gasteiger partial charge in [0, 0.05) is 26.8 Å². The predicted octanol–water partition coefficient (Wildman–Crippen LogP) is 3.22. The highest BCUT2D eigenvalue weighted by molar-refractivity contribution is 4.87. The molecule has 0 aliphatic heterocycles. The number of nitrogens with one attached hydrogen (secondary N) is 1. The summed E-state index contributed by atoms with van der Waals surface area (Å²) in [6.07, 6.45) is 6.80. The maximum absolute atomic E-state index is 5.25. The van der Waals surface area contributed by atoms with Crippen molar-refractivity contribution in [2.45, 2.75) is 52.9 Å². The number of hydrogen-bond acceptors (Lipinski definition) is 2. The van der Waals surface area contributed by atoms with Gasteiger partial charge in [-0.05, 0) is 30.1 Å². The van der Waals surface area contributed by atoms with Crippen molar-refractivity contribution in [2.24, 2.45) is 10.8 Å². The van der Waals surface area contributed by atoms with Crippen LogP contribution >= 0.6 is 0 Å². The van der Waals surface area contributed by atoms with Crippen LogP contribution in [0.25, 0.3) is 0 Å². The lowest BCUT2D eigenvalue weighted by atomic mass is 9.82. The molecule has 0 radical (unpaired) electrons. The Kier molecular flexibility index (Phi) is 5.26. The Labute approximate surface area is 101 Å². The van der Waals surface area contributed by atoms with Gasteiger partial charge in [0.2, 0.25) is 0 Å². The minimum atomic E-state index is 0.390. The lowest BCUT2D eigenvalue weighted by Crippen LogP contribution is -2.37. The summed E-state index contributed by atoms with van der Waals surface area (Å²) >= 11 is 0. The van der Waals surface area contributed by atoms with Gasteiger partial charge in [-0.1, -0.05) is 33.6 Å². The average molecular weight is 227 g/mol. The van der Waals surface area contributed by atoms with E-state index in [1.54, 1.807) is 0 Å². The molecule has 2 heteroatoms. The number of hydrogen-bond donors (Lipinski definition) is 1. The summed E-state index contributed by atoms with van der Waals surface area (Å²) in [5, 5.41) is 3.66. The van der Waals surface area contributed by atoms with Crippen molar-refractivity contribution in [3.05, 3.63) is 0 Å². The molecule has 0 heterocycles. The molecule has 2 nitrogen and oxygen atoms in total. The van der Waals surface area contributed by atoms with E-state index in [1.165, 1.54) is 38.6 Å². The third kappa shape index (κ3) is 4.84. The highest BCUT2D eigenvalue weighted by atomic mass is 16.5. The van der Waals surface area contributed by atoms with E-state index in [-0.39, 0.29) is 0 Å². The Bertz CT molecular complexity index is 189. The maximum Gasteiger partial charge on any atom is 0.0468 e. The molecule has 1 aliphatic rings. The Morgan fingerprint density at radius 3 is 2.31 bits per heavy atom. The highest BCUT2D eigenvalue weighted by Gasteiger charge is 2.33. The molecule has 1 N–H and O–H groups in total. The predicted molar refractivity (Wildman–Crippen MR) is 69.7 cm³/mol. The molecule has 1 rings (SSSR count). The van der Waals surface area contributed by atoms with Gasteiger partial charge in [0.1, 0.15) is 0 Å². The molecule has 0 bridgehead atoms. The van der Waals surface area contributed by atoms with Crippen molar-refractivity contribution in [1.82, 2.24) is 5.32 Å². The van der Waals surface area contributed by atoms with Crippen LogP contribution in [0, 0.1) is 10.8 Å². The molecule has 1 saturated carbocycles. The van der Waals surface area contributed by atoms with Gasteiger partial charge >= 0.3 is 0 Å². The van der Waals surface area contributed by atoms with Crippen LogP contribution in [0.5, 0.6) is 0 Å². The van der Waals surface area contributed by atoms with E-state index >= 15 is 0 Å². The standard InChI is InChI=1S/C14H29NO/c1-13(2,3)11-15-12-14(9-10-16-4)7-5-6-8-14/h15H,5-12H2,1-4H3. The first-order chi connectivity index (χ1) is 7.47. The highest BCUT2D eigenvalue weighted by Crippen LogP contribution is 2.40. The Morgan fingerprint density at radius 1 is 1.19 bits per heavy atom. The second kappa shape index (κ2) is 6.02. The van der Waals surface area contributed by atoms with Crippen molar-refractivity contribution in [1.29, 1.82) is 0 Å². The lowest BCUT2D eigenvalue weighted by Gasteiger charge is -2.31. The quantitative estimate of drug-likeness (QED) is 0.752. The molecular weight excluding hydrogens is 198 g/mol. The molecule has 0 aromatic rings. The zero-order valence-electron chi connectivity index (χ0n) is 11.6. The second-order valence-electron chi connectivity index (χ2n) is 6.61. The Balaban J connectivity index is 2.33. The fourth-order valence-electron chi connectivity index (χ4n) is 2.66. The van der Waals surface area contributed by atoms with Gasteiger partial charge in [0.25, 0.3) is 0 Å². The summed E-state index contributed by atoms with van der Waals surface area (Å²) < 4.78 is 5.25. The van der Waals surface area contributed by atoms with Gasteiger partial charge in [0.15, 0.2) is 0 Å². The van der Waals surface area contributed by atoms with Crippen molar-refractivity contribution >= 4 is 0 Å². The third-order valence-corrected chi connectivity index (χ3v) is 3.66. The van der Waals surface area contributed by atoms with E-state index in [0.29, 0.717) is 10.8 Å². The van der Waals surface area contributed by atoms with E-state index in [9.17, 15) is 0 Å². The van der Waals surface area contributed by atoms with Crippen LogP contribution < -0.4 is 5.32 Å². The zero-order chi connectivity index (χ0) is 12.1. The first-order valence-corrected chi connectivity index (χ1v) is 6.67.